The quantitative estimate of drug-likeness (QED) is 0.602. The van der Waals surface area contributed by atoms with E-state index in [-0.39, 0.29) is 11.8 Å². The molecule has 0 aromatic heterocycles. The lowest BCUT2D eigenvalue weighted by Crippen LogP contribution is -2.50. The zero-order valence-corrected chi connectivity index (χ0v) is 13.6. The molecule has 6 heteroatoms. The fourth-order valence-electron chi connectivity index (χ4n) is 3.71. The Kier molecular flexibility index (Phi) is 3.43. The summed E-state index contributed by atoms with van der Waals surface area (Å²) in [5.74, 6) is -2.61. The van der Waals surface area contributed by atoms with Gasteiger partial charge in [-0.25, -0.2) is 0 Å². The topological polar surface area (TPSA) is 66.9 Å². The zero-order chi connectivity index (χ0) is 16.9. The number of carbonyl (C=O) groups excluding carboxylic acids is 3. The number of benzene rings is 1. The Morgan fingerprint density at radius 2 is 1.74 bits per heavy atom. The number of fused-ring (bicyclic) bond motifs is 1. The predicted octanol–water partition coefficient (Wildman–Crippen LogP) is 0.978. The molecule has 0 radical (unpaired) electrons. The van der Waals surface area contributed by atoms with Gasteiger partial charge in [-0.1, -0.05) is 30.3 Å². The molecule has 0 bridgehead atoms. The van der Waals surface area contributed by atoms with E-state index < -0.39 is 29.5 Å². The van der Waals surface area contributed by atoms with Crippen LogP contribution in [0.4, 0.5) is 0 Å². The number of hydrogen-bond acceptors (Lipinski definition) is 4. The Hall–Kier alpha value is -2.37. The van der Waals surface area contributed by atoms with Gasteiger partial charge in [0.1, 0.15) is 17.6 Å². The standard InChI is InChI=1S/C17H20N2O4/c1-17(2)18(3)15(21)13-11(10-8-6-5-7-9-10)12(16(22)23-4)14(20)19(13)17/h5-9,11-13H,1-4H3/t11-,12-,13-/m0/s1. The first-order chi connectivity index (χ1) is 10.8. The first kappa shape index (κ1) is 15.5. The summed E-state index contributed by atoms with van der Waals surface area (Å²) < 4.78 is 4.84. The maximum absolute atomic E-state index is 12.9. The lowest BCUT2D eigenvalue weighted by molar-refractivity contribution is -0.153. The van der Waals surface area contributed by atoms with Gasteiger partial charge < -0.3 is 14.5 Å². The van der Waals surface area contributed by atoms with E-state index in [1.807, 2.05) is 44.2 Å². The summed E-state index contributed by atoms with van der Waals surface area (Å²) in [5, 5.41) is 0. The zero-order valence-electron chi connectivity index (χ0n) is 13.6. The molecule has 0 N–H and O–H groups in total. The van der Waals surface area contributed by atoms with Gasteiger partial charge in [0, 0.05) is 13.0 Å². The highest BCUT2D eigenvalue weighted by molar-refractivity contribution is 6.07. The Labute approximate surface area is 135 Å². The molecular formula is C17H20N2O4. The van der Waals surface area contributed by atoms with E-state index in [0.717, 1.165) is 5.56 Å². The molecule has 3 atom stereocenters. The van der Waals surface area contributed by atoms with Crippen LogP contribution in [-0.4, -0.2) is 53.4 Å². The van der Waals surface area contributed by atoms with E-state index in [4.69, 9.17) is 4.74 Å². The van der Waals surface area contributed by atoms with Gasteiger partial charge >= 0.3 is 5.97 Å². The molecular weight excluding hydrogens is 296 g/mol. The fourth-order valence-corrected chi connectivity index (χ4v) is 3.71. The SMILES string of the molecule is COC(=O)[C@@H]1C(=O)N2[C@H](C(=O)N(C)C2(C)C)[C@H]1c1ccccc1. The van der Waals surface area contributed by atoms with Crippen LogP contribution >= 0.6 is 0 Å². The highest BCUT2D eigenvalue weighted by atomic mass is 16.5. The number of rotatable bonds is 2. The fraction of sp³-hybridized carbons (Fsp3) is 0.471. The van der Waals surface area contributed by atoms with Gasteiger partial charge in [-0.3, -0.25) is 14.4 Å². The minimum atomic E-state index is -0.982. The Balaban J connectivity index is 2.16. The van der Waals surface area contributed by atoms with Crippen molar-refractivity contribution in [1.29, 1.82) is 0 Å². The van der Waals surface area contributed by atoms with Crippen LogP contribution in [0.2, 0.25) is 0 Å². The van der Waals surface area contributed by atoms with E-state index in [1.165, 1.54) is 12.0 Å². The molecule has 122 valence electrons. The number of esters is 1. The lowest BCUT2D eigenvalue weighted by atomic mass is 9.83. The summed E-state index contributed by atoms with van der Waals surface area (Å²) in [6.07, 6.45) is 0. The molecule has 1 aromatic carbocycles. The molecule has 23 heavy (non-hydrogen) atoms. The predicted molar refractivity (Wildman–Crippen MR) is 82.2 cm³/mol. The second-order valence-corrected chi connectivity index (χ2v) is 6.48. The van der Waals surface area contributed by atoms with Crippen LogP contribution in [0.15, 0.2) is 30.3 Å². The van der Waals surface area contributed by atoms with Crippen molar-refractivity contribution >= 4 is 17.8 Å². The minimum Gasteiger partial charge on any atom is -0.468 e. The van der Waals surface area contributed by atoms with Gasteiger partial charge in [0.15, 0.2) is 0 Å². The lowest BCUT2D eigenvalue weighted by Gasteiger charge is -2.35. The van der Waals surface area contributed by atoms with Gasteiger partial charge in [-0.05, 0) is 19.4 Å². The molecule has 2 saturated heterocycles. The van der Waals surface area contributed by atoms with Crippen LogP contribution in [0.5, 0.6) is 0 Å². The third-order valence-electron chi connectivity index (χ3n) is 5.11. The van der Waals surface area contributed by atoms with E-state index >= 15 is 0 Å². The van der Waals surface area contributed by atoms with Crippen molar-refractivity contribution in [3.05, 3.63) is 35.9 Å². The molecule has 0 spiro atoms. The monoisotopic (exact) mass is 316 g/mol. The third-order valence-corrected chi connectivity index (χ3v) is 5.11. The summed E-state index contributed by atoms with van der Waals surface area (Å²) in [5.41, 5.74) is 0.0254. The van der Waals surface area contributed by atoms with Crippen LogP contribution < -0.4 is 0 Å². The van der Waals surface area contributed by atoms with Crippen molar-refractivity contribution < 1.29 is 19.1 Å². The molecule has 6 nitrogen and oxygen atoms in total. The maximum Gasteiger partial charge on any atom is 0.318 e. The number of ether oxygens (including phenoxy) is 1. The first-order valence-corrected chi connectivity index (χ1v) is 7.56. The maximum atomic E-state index is 12.9. The average Bonchev–Trinajstić information content (AvgIpc) is 2.95. The van der Waals surface area contributed by atoms with Crippen LogP contribution in [0.3, 0.4) is 0 Å². The number of hydrogen-bond donors (Lipinski definition) is 0. The molecule has 0 unspecified atom stereocenters. The third kappa shape index (κ3) is 1.97. The van der Waals surface area contributed by atoms with Crippen LogP contribution in [-0.2, 0) is 19.1 Å². The number of nitrogens with zero attached hydrogens (tertiary/aromatic N) is 2. The van der Waals surface area contributed by atoms with Crippen LogP contribution in [0.1, 0.15) is 25.3 Å². The van der Waals surface area contributed by atoms with Crippen LogP contribution in [0.25, 0.3) is 0 Å². The summed E-state index contributed by atoms with van der Waals surface area (Å²) in [7, 11) is 2.95. The Bertz CT molecular complexity index is 670. The summed E-state index contributed by atoms with van der Waals surface area (Å²) in [6.45, 7) is 3.62. The van der Waals surface area contributed by atoms with Gasteiger partial charge in [0.2, 0.25) is 11.8 Å². The number of carbonyl (C=O) groups is 3. The normalized spacial score (nSPS) is 29.0. The smallest absolute Gasteiger partial charge is 0.318 e. The molecule has 2 aliphatic rings. The van der Waals surface area contributed by atoms with Crippen LogP contribution in [0, 0.1) is 5.92 Å². The van der Waals surface area contributed by atoms with Gasteiger partial charge in [0.25, 0.3) is 0 Å². The van der Waals surface area contributed by atoms with Crippen molar-refractivity contribution in [2.24, 2.45) is 5.92 Å². The molecule has 2 amide bonds. The van der Waals surface area contributed by atoms with Crippen molar-refractivity contribution in [3.63, 3.8) is 0 Å². The molecule has 0 aliphatic carbocycles. The Morgan fingerprint density at radius 1 is 1.13 bits per heavy atom. The van der Waals surface area contributed by atoms with E-state index in [0.29, 0.717) is 0 Å². The van der Waals surface area contributed by atoms with Gasteiger partial charge in [-0.15, -0.1) is 0 Å². The molecule has 2 aliphatic heterocycles. The van der Waals surface area contributed by atoms with E-state index in [2.05, 4.69) is 0 Å². The molecule has 2 fully saturated rings. The molecule has 1 aromatic rings. The average molecular weight is 316 g/mol. The highest BCUT2D eigenvalue weighted by Gasteiger charge is 2.65. The van der Waals surface area contributed by atoms with E-state index in [9.17, 15) is 14.4 Å². The number of amides is 2. The summed E-state index contributed by atoms with van der Waals surface area (Å²) >= 11 is 0. The first-order valence-electron chi connectivity index (χ1n) is 7.56. The largest absolute Gasteiger partial charge is 0.468 e. The van der Waals surface area contributed by atoms with Crippen molar-refractivity contribution in [2.75, 3.05) is 14.2 Å². The number of methoxy groups -OCH3 is 1. The van der Waals surface area contributed by atoms with Gasteiger partial charge in [-0.2, -0.15) is 0 Å². The van der Waals surface area contributed by atoms with E-state index in [1.54, 1.807) is 11.9 Å². The summed E-state index contributed by atoms with van der Waals surface area (Å²) in [4.78, 5) is 41.0. The molecule has 2 heterocycles. The molecule has 0 saturated carbocycles. The number of likely N-dealkylation sites (N-methyl/N-ethyl adjacent to an activating group) is 1. The van der Waals surface area contributed by atoms with Gasteiger partial charge in [0.05, 0.1) is 7.11 Å². The summed E-state index contributed by atoms with van der Waals surface area (Å²) in [6, 6.07) is 8.55. The van der Waals surface area contributed by atoms with Crippen molar-refractivity contribution in [3.8, 4) is 0 Å². The van der Waals surface area contributed by atoms with Crippen molar-refractivity contribution in [1.82, 2.24) is 9.80 Å². The van der Waals surface area contributed by atoms with Crippen molar-refractivity contribution in [2.45, 2.75) is 31.5 Å². The second kappa shape index (κ2) is 5.08. The Morgan fingerprint density at radius 3 is 2.30 bits per heavy atom. The minimum absolute atomic E-state index is 0.149. The molecule has 3 rings (SSSR count). The highest BCUT2D eigenvalue weighted by Crippen LogP contribution is 2.48. The second-order valence-electron chi connectivity index (χ2n) is 6.48.